The monoisotopic (exact) mass is 496 g/mol. The lowest BCUT2D eigenvalue weighted by Gasteiger charge is -2.42. The van der Waals surface area contributed by atoms with Crippen LogP contribution in [0.3, 0.4) is 0 Å². The second kappa shape index (κ2) is 10.2. The highest BCUT2D eigenvalue weighted by molar-refractivity contribution is 6.04. The molecule has 182 valence electrons. The Hall–Kier alpha value is -3.78. The number of carbonyl (C=O) groups excluding carboxylic acids is 1. The molecule has 1 fully saturated rings. The SMILES string of the molecule is Cl.NC1=NC2(CCN(C(=O)Oc3ccccc3OCc3ccccc3)CC2)Nc2cccc(F)c21. The van der Waals surface area contributed by atoms with Crippen LogP contribution >= 0.6 is 12.4 Å². The first-order chi connectivity index (χ1) is 16.5. The number of rotatable bonds is 4. The highest BCUT2D eigenvalue weighted by atomic mass is 35.5. The number of amidine groups is 1. The highest BCUT2D eigenvalue weighted by Gasteiger charge is 2.40. The maximum absolute atomic E-state index is 14.2. The van der Waals surface area contributed by atoms with Crippen LogP contribution in [0.15, 0.2) is 77.8 Å². The fourth-order valence-corrected chi connectivity index (χ4v) is 4.30. The first-order valence-corrected chi connectivity index (χ1v) is 11.2. The normalized spacial score (nSPS) is 15.8. The Morgan fingerprint density at radius 1 is 1.00 bits per heavy atom. The average molecular weight is 497 g/mol. The molecule has 35 heavy (non-hydrogen) atoms. The summed E-state index contributed by atoms with van der Waals surface area (Å²) >= 11 is 0. The van der Waals surface area contributed by atoms with Crippen LogP contribution in [0.5, 0.6) is 11.5 Å². The van der Waals surface area contributed by atoms with Gasteiger partial charge in [0.05, 0.1) is 5.56 Å². The number of nitrogens with two attached hydrogens (primary N) is 1. The van der Waals surface area contributed by atoms with Crippen molar-refractivity contribution in [2.75, 3.05) is 18.4 Å². The van der Waals surface area contributed by atoms with Gasteiger partial charge < -0.3 is 25.4 Å². The van der Waals surface area contributed by atoms with E-state index in [1.807, 2.05) is 36.4 Å². The minimum atomic E-state index is -0.668. The number of para-hydroxylation sites is 2. The lowest BCUT2D eigenvalue weighted by molar-refractivity contribution is 0.127. The Kier molecular flexibility index (Phi) is 7.12. The molecule has 0 saturated carbocycles. The number of hydrogen-bond acceptors (Lipinski definition) is 6. The minimum absolute atomic E-state index is 0. The molecule has 3 aromatic carbocycles. The van der Waals surface area contributed by atoms with Crippen molar-refractivity contribution in [3.8, 4) is 11.5 Å². The van der Waals surface area contributed by atoms with Crippen molar-refractivity contribution in [1.82, 2.24) is 4.90 Å². The van der Waals surface area contributed by atoms with Crippen molar-refractivity contribution in [2.24, 2.45) is 10.7 Å². The van der Waals surface area contributed by atoms with E-state index in [2.05, 4.69) is 10.3 Å². The molecule has 2 aliphatic heterocycles. The molecule has 1 spiro atoms. The number of nitrogens with zero attached hydrogens (tertiary/aromatic N) is 2. The number of ether oxygens (including phenoxy) is 2. The van der Waals surface area contributed by atoms with Crippen LogP contribution in [-0.2, 0) is 6.61 Å². The Labute approximate surface area is 209 Å². The van der Waals surface area contributed by atoms with Gasteiger partial charge in [-0.2, -0.15) is 0 Å². The van der Waals surface area contributed by atoms with Gasteiger partial charge >= 0.3 is 6.09 Å². The van der Waals surface area contributed by atoms with Gasteiger partial charge in [0, 0.05) is 31.6 Å². The molecule has 2 heterocycles. The summed E-state index contributed by atoms with van der Waals surface area (Å²) < 4.78 is 25.7. The molecule has 1 amide bonds. The predicted octanol–water partition coefficient (Wildman–Crippen LogP) is 4.95. The number of halogens is 2. The number of amides is 1. The van der Waals surface area contributed by atoms with Gasteiger partial charge in [-0.15, -0.1) is 12.4 Å². The first kappa shape index (κ1) is 24.3. The van der Waals surface area contributed by atoms with Crippen molar-refractivity contribution < 1.29 is 18.7 Å². The number of benzene rings is 3. The van der Waals surface area contributed by atoms with Crippen molar-refractivity contribution >= 4 is 30.0 Å². The maximum atomic E-state index is 14.2. The maximum Gasteiger partial charge on any atom is 0.415 e. The van der Waals surface area contributed by atoms with E-state index in [0.717, 1.165) is 5.56 Å². The summed E-state index contributed by atoms with van der Waals surface area (Å²) in [5, 5.41) is 3.33. The predicted molar refractivity (Wildman–Crippen MR) is 135 cm³/mol. The number of fused-ring (bicyclic) bond motifs is 1. The van der Waals surface area contributed by atoms with Crippen LogP contribution < -0.4 is 20.5 Å². The van der Waals surface area contributed by atoms with Gasteiger partial charge in [-0.25, -0.2) is 14.2 Å². The van der Waals surface area contributed by atoms with Crippen LogP contribution in [-0.4, -0.2) is 35.6 Å². The van der Waals surface area contributed by atoms with E-state index in [4.69, 9.17) is 15.2 Å². The molecule has 1 saturated heterocycles. The van der Waals surface area contributed by atoms with Crippen LogP contribution in [0.1, 0.15) is 24.0 Å². The van der Waals surface area contributed by atoms with Crippen LogP contribution in [0.2, 0.25) is 0 Å². The molecule has 0 bridgehead atoms. The summed E-state index contributed by atoms with van der Waals surface area (Å²) in [6.45, 7) is 1.20. The van der Waals surface area contributed by atoms with Gasteiger partial charge in [-0.05, 0) is 29.8 Å². The van der Waals surface area contributed by atoms with Gasteiger partial charge in [0.25, 0.3) is 0 Å². The van der Waals surface area contributed by atoms with E-state index in [1.165, 1.54) is 6.07 Å². The fourth-order valence-electron chi connectivity index (χ4n) is 4.30. The van der Waals surface area contributed by atoms with Gasteiger partial charge in [0.15, 0.2) is 11.5 Å². The number of likely N-dealkylation sites (tertiary alicyclic amines) is 1. The number of nitrogens with one attached hydrogen (secondary N) is 1. The molecule has 5 rings (SSSR count). The van der Waals surface area contributed by atoms with E-state index in [-0.39, 0.29) is 18.2 Å². The minimum Gasteiger partial charge on any atom is -0.485 e. The Morgan fingerprint density at radius 3 is 2.43 bits per heavy atom. The van der Waals surface area contributed by atoms with E-state index >= 15 is 0 Å². The van der Waals surface area contributed by atoms with Crippen molar-refractivity contribution in [3.05, 3.63) is 89.7 Å². The molecular weight excluding hydrogens is 471 g/mol. The largest absolute Gasteiger partial charge is 0.485 e. The number of aliphatic imine (C=N–C) groups is 1. The van der Waals surface area contributed by atoms with Gasteiger partial charge in [-0.1, -0.05) is 48.5 Å². The quantitative estimate of drug-likeness (QED) is 0.533. The smallest absolute Gasteiger partial charge is 0.415 e. The molecule has 0 radical (unpaired) electrons. The van der Waals surface area contributed by atoms with Gasteiger partial charge in [0.2, 0.25) is 0 Å². The lowest BCUT2D eigenvalue weighted by Crippen LogP contribution is -2.52. The number of piperidine rings is 1. The number of carbonyl (C=O) groups is 1. The standard InChI is InChI=1S/C26H25FN4O3.ClH/c27-19-9-6-10-20-23(19)24(28)30-26(29-20)13-15-31(16-14-26)25(32)34-22-12-5-4-11-21(22)33-17-18-7-2-1-3-8-18;/h1-12,29H,13-17H2,(H2,28,30);1H. The number of hydrogen-bond donors (Lipinski definition) is 2. The second-order valence-corrected chi connectivity index (χ2v) is 8.39. The molecule has 3 aromatic rings. The molecular formula is C26H26ClFN4O3. The zero-order valence-corrected chi connectivity index (χ0v) is 19.8. The fraction of sp³-hybridized carbons (Fsp3) is 0.231. The van der Waals surface area contributed by atoms with Gasteiger partial charge in [0.1, 0.15) is 23.9 Å². The molecule has 2 aliphatic rings. The topological polar surface area (TPSA) is 89.2 Å². The van der Waals surface area contributed by atoms with E-state index in [1.54, 1.807) is 35.2 Å². The third kappa shape index (κ3) is 5.17. The average Bonchev–Trinajstić information content (AvgIpc) is 2.84. The third-order valence-corrected chi connectivity index (χ3v) is 6.10. The van der Waals surface area contributed by atoms with Crippen LogP contribution in [0.4, 0.5) is 14.9 Å². The summed E-state index contributed by atoms with van der Waals surface area (Å²) in [4.78, 5) is 19.1. The highest BCUT2D eigenvalue weighted by Crippen LogP contribution is 2.35. The van der Waals surface area contributed by atoms with Crippen LogP contribution in [0.25, 0.3) is 0 Å². The molecule has 0 aliphatic carbocycles. The van der Waals surface area contributed by atoms with E-state index in [9.17, 15) is 9.18 Å². The summed E-state index contributed by atoms with van der Waals surface area (Å²) in [5.74, 6) is 0.631. The zero-order chi connectivity index (χ0) is 23.5. The molecule has 7 nitrogen and oxygen atoms in total. The Morgan fingerprint density at radius 2 is 1.69 bits per heavy atom. The summed E-state index contributed by atoms with van der Waals surface area (Å²) in [5.41, 5.74) is 7.35. The van der Waals surface area contributed by atoms with Gasteiger partial charge in [-0.3, -0.25) is 0 Å². The van der Waals surface area contributed by atoms with Crippen molar-refractivity contribution in [1.29, 1.82) is 0 Å². The van der Waals surface area contributed by atoms with E-state index < -0.39 is 17.6 Å². The Balaban J connectivity index is 0.00000289. The third-order valence-electron chi connectivity index (χ3n) is 6.10. The van der Waals surface area contributed by atoms with E-state index in [0.29, 0.717) is 55.3 Å². The molecule has 3 N–H and O–H groups in total. The molecule has 0 aromatic heterocycles. The summed E-state index contributed by atoms with van der Waals surface area (Å²) in [7, 11) is 0. The van der Waals surface area contributed by atoms with Crippen LogP contribution in [0, 0.1) is 5.82 Å². The molecule has 9 heteroatoms. The van der Waals surface area contributed by atoms with Crippen molar-refractivity contribution in [3.63, 3.8) is 0 Å². The first-order valence-electron chi connectivity index (χ1n) is 11.2. The second-order valence-electron chi connectivity index (χ2n) is 8.39. The molecule has 0 unspecified atom stereocenters. The summed E-state index contributed by atoms with van der Waals surface area (Å²) in [6.07, 6.45) is 0.584. The zero-order valence-electron chi connectivity index (χ0n) is 18.9. The number of anilines is 1. The molecule has 0 atom stereocenters. The summed E-state index contributed by atoms with van der Waals surface area (Å²) in [6, 6.07) is 21.7. The Bertz CT molecular complexity index is 1230. The van der Waals surface area contributed by atoms with Crippen molar-refractivity contribution in [2.45, 2.75) is 25.1 Å². The lowest BCUT2D eigenvalue weighted by atomic mass is 9.94.